The molecule has 6 nitrogen and oxygen atoms in total. The number of carbonyl (C=O) groups excluding carboxylic acids is 1. The number of benzene rings is 2. The van der Waals surface area contributed by atoms with Crippen molar-refractivity contribution in [1.82, 2.24) is 4.57 Å². The van der Waals surface area contributed by atoms with Crippen LogP contribution in [0.15, 0.2) is 57.2 Å². The number of terminal acetylenes is 1. The second kappa shape index (κ2) is 8.32. The monoisotopic (exact) mass is 431 g/mol. The summed E-state index contributed by atoms with van der Waals surface area (Å²) in [5.74, 6) is 3.00. The van der Waals surface area contributed by atoms with Crippen LogP contribution in [0.25, 0.3) is 10.2 Å². The molecular formula is C19H17N3O3S3. The molecule has 1 heterocycles. The number of thiazole rings is 1. The highest BCUT2D eigenvalue weighted by Crippen LogP contribution is 2.24. The van der Waals surface area contributed by atoms with Crippen LogP contribution in [0.1, 0.15) is 17.3 Å². The van der Waals surface area contributed by atoms with Crippen LogP contribution < -0.4 is 9.94 Å². The van der Waals surface area contributed by atoms with Crippen LogP contribution >= 0.6 is 23.1 Å². The molecule has 2 N–H and O–H groups in total. The Morgan fingerprint density at radius 2 is 2.07 bits per heavy atom. The first kappa shape index (κ1) is 20.4. The number of sulfonamides is 1. The zero-order valence-corrected chi connectivity index (χ0v) is 17.4. The lowest BCUT2D eigenvalue weighted by atomic mass is 10.2. The van der Waals surface area contributed by atoms with Gasteiger partial charge >= 0.3 is 0 Å². The maximum atomic E-state index is 12.8. The van der Waals surface area contributed by atoms with Gasteiger partial charge in [0.15, 0.2) is 4.80 Å². The Hall–Kier alpha value is -2.38. The number of hydrogen-bond acceptors (Lipinski definition) is 5. The van der Waals surface area contributed by atoms with Crippen LogP contribution in [0, 0.1) is 12.3 Å². The smallest absolute Gasteiger partial charge is 0.280 e. The maximum absolute atomic E-state index is 12.8. The Morgan fingerprint density at radius 3 is 2.75 bits per heavy atom. The normalized spacial score (nSPS) is 12.2. The number of aromatic nitrogens is 1. The number of nitrogens with zero attached hydrogens (tertiary/aromatic N) is 2. The summed E-state index contributed by atoms with van der Waals surface area (Å²) in [6.45, 7) is 2.21. The summed E-state index contributed by atoms with van der Waals surface area (Å²) in [6, 6.07) is 11.8. The van der Waals surface area contributed by atoms with Crippen molar-refractivity contribution in [3.8, 4) is 12.3 Å². The van der Waals surface area contributed by atoms with Gasteiger partial charge in [-0.2, -0.15) is 4.99 Å². The van der Waals surface area contributed by atoms with Gasteiger partial charge in [0.05, 0.1) is 27.2 Å². The molecule has 3 aromatic rings. The van der Waals surface area contributed by atoms with Crippen LogP contribution in [-0.4, -0.2) is 24.6 Å². The lowest BCUT2D eigenvalue weighted by Gasteiger charge is -2.04. The van der Waals surface area contributed by atoms with Crippen molar-refractivity contribution in [2.45, 2.75) is 23.3 Å². The predicted molar refractivity (Wildman–Crippen MR) is 113 cm³/mol. The van der Waals surface area contributed by atoms with Crippen molar-refractivity contribution in [2.75, 3.05) is 5.75 Å². The standard InChI is InChI=1S/C19H17N3O3S3/c1-3-11-22-15-10-9-13(28(20,24)25)12-17(15)27-19(22)21-18(23)14-7-5-6-8-16(14)26-4-2/h1,5-10,12H,4,11H2,2H3,(H2,20,24,25). The van der Waals surface area contributed by atoms with Gasteiger partial charge in [-0.15, -0.1) is 18.2 Å². The summed E-state index contributed by atoms with van der Waals surface area (Å²) >= 11 is 2.76. The molecular weight excluding hydrogens is 414 g/mol. The molecule has 1 amide bonds. The zero-order chi connectivity index (χ0) is 20.3. The van der Waals surface area contributed by atoms with Gasteiger partial charge in [0.1, 0.15) is 0 Å². The average Bonchev–Trinajstić information content (AvgIpc) is 2.98. The molecule has 0 radical (unpaired) electrons. The summed E-state index contributed by atoms with van der Waals surface area (Å²) in [7, 11) is -3.83. The van der Waals surface area contributed by atoms with E-state index in [2.05, 4.69) is 10.9 Å². The molecule has 0 saturated heterocycles. The Balaban J connectivity index is 2.18. The molecule has 2 aromatic carbocycles. The SMILES string of the molecule is C#CCn1c(=NC(=O)c2ccccc2SCC)sc2cc(S(N)(=O)=O)ccc21. The molecule has 0 aliphatic heterocycles. The quantitative estimate of drug-likeness (QED) is 0.496. The minimum absolute atomic E-state index is 0.00308. The lowest BCUT2D eigenvalue weighted by Crippen LogP contribution is -2.16. The first-order valence-electron chi connectivity index (χ1n) is 8.25. The van der Waals surface area contributed by atoms with Gasteiger partial charge in [0.2, 0.25) is 10.0 Å². The summed E-state index contributed by atoms with van der Waals surface area (Å²) in [5.41, 5.74) is 1.21. The second-order valence-corrected chi connectivity index (χ2v) is 9.57. The minimum atomic E-state index is -3.83. The van der Waals surface area contributed by atoms with Crippen molar-refractivity contribution < 1.29 is 13.2 Å². The molecule has 0 spiro atoms. The van der Waals surface area contributed by atoms with Crippen molar-refractivity contribution in [3.63, 3.8) is 0 Å². The highest BCUT2D eigenvalue weighted by Gasteiger charge is 2.14. The van der Waals surface area contributed by atoms with E-state index in [9.17, 15) is 13.2 Å². The summed E-state index contributed by atoms with van der Waals surface area (Å²) in [6.07, 6.45) is 5.47. The third-order valence-electron chi connectivity index (χ3n) is 3.85. The van der Waals surface area contributed by atoms with Crippen LogP contribution in [0.3, 0.4) is 0 Å². The van der Waals surface area contributed by atoms with Gasteiger partial charge in [-0.05, 0) is 36.1 Å². The molecule has 1 aromatic heterocycles. The molecule has 9 heteroatoms. The molecule has 144 valence electrons. The number of hydrogen-bond donors (Lipinski definition) is 1. The largest absolute Gasteiger partial charge is 0.305 e. The third-order valence-corrected chi connectivity index (χ3v) is 6.75. The van der Waals surface area contributed by atoms with E-state index >= 15 is 0 Å². The lowest BCUT2D eigenvalue weighted by molar-refractivity contribution is 0.0995. The number of nitrogens with two attached hydrogens (primary N) is 1. The number of fused-ring (bicyclic) bond motifs is 1. The Morgan fingerprint density at radius 1 is 1.32 bits per heavy atom. The zero-order valence-electron chi connectivity index (χ0n) is 15.0. The first-order valence-corrected chi connectivity index (χ1v) is 11.6. The fraction of sp³-hybridized carbons (Fsp3) is 0.158. The summed E-state index contributed by atoms with van der Waals surface area (Å²) in [5, 5.41) is 5.21. The number of amides is 1. The molecule has 0 atom stereocenters. The molecule has 28 heavy (non-hydrogen) atoms. The number of thioether (sulfide) groups is 1. The Bertz CT molecular complexity index is 1260. The van der Waals surface area contributed by atoms with E-state index in [1.807, 2.05) is 19.1 Å². The highest BCUT2D eigenvalue weighted by molar-refractivity contribution is 7.99. The van der Waals surface area contributed by atoms with Crippen LogP contribution in [-0.2, 0) is 16.6 Å². The van der Waals surface area contributed by atoms with E-state index in [0.29, 0.717) is 20.6 Å². The van der Waals surface area contributed by atoms with Gasteiger partial charge in [0, 0.05) is 4.90 Å². The van der Waals surface area contributed by atoms with Crippen molar-refractivity contribution in [2.24, 2.45) is 10.1 Å². The molecule has 0 bridgehead atoms. The van der Waals surface area contributed by atoms with Crippen molar-refractivity contribution >= 4 is 49.2 Å². The van der Waals surface area contributed by atoms with E-state index < -0.39 is 10.0 Å². The first-order chi connectivity index (χ1) is 13.3. The average molecular weight is 432 g/mol. The van der Waals surface area contributed by atoms with E-state index in [1.165, 1.54) is 23.5 Å². The van der Waals surface area contributed by atoms with Crippen LogP contribution in [0.5, 0.6) is 0 Å². The predicted octanol–water partition coefficient (Wildman–Crippen LogP) is 2.84. The second-order valence-electron chi connectivity index (χ2n) is 5.70. The van der Waals surface area contributed by atoms with Gasteiger partial charge in [-0.3, -0.25) is 4.79 Å². The van der Waals surface area contributed by atoms with Gasteiger partial charge in [-0.1, -0.05) is 36.3 Å². The Labute approximate surface area is 171 Å². The van der Waals surface area contributed by atoms with Gasteiger partial charge in [0.25, 0.3) is 5.91 Å². The molecule has 0 saturated carbocycles. The summed E-state index contributed by atoms with van der Waals surface area (Å²) in [4.78, 5) is 18.3. The van der Waals surface area contributed by atoms with Gasteiger partial charge < -0.3 is 4.57 Å². The van der Waals surface area contributed by atoms with E-state index in [0.717, 1.165) is 10.6 Å². The molecule has 0 fully saturated rings. The molecule has 0 unspecified atom stereocenters. The van der Waals surface area contributed by atoms with Crippen molar-refractivity contribution in [1.29, 1.82) is 0 Å². The minimum Gasteiger partial charge on any atom is -0.305 e. The Kier molecular flexibility index (Phi) is 6.05. The van der Waals surface area contributed by atoms with E-state index in [4.69, 9.17) is 11.6 Å². The van der Waals surface area contributed by atoms with E-state index in [1.54, 1.807) is 34.5 Å². The van der Waals surface area contributed by atoms with Crippen molar-refractivity contribution in [3.05, 3.63) is 52.8 Å². The molecule has 0 aliphatic rings. The number of carbonyl (C=O) groups is 1. The highest BCUT2D eigenvalue weighted by atomic mass is 32.2. The fourth-order valence-corrected chi connectivity index (χ4v) is 5.11. The van der Waals surface area contributed by atoms with Gasteiger partial charge in [-0.25, -0.2) is 13.6 Å². The number of rotatable bonds is 5. The van der Waals surface area contributed by atoms with Crippen LogP contribution in [0.2, 0.25) is 0 Å². The fourth-order valence-electron chi connectivity index (χ4n) is 2.63. The topological polar surface area (TPSA) is 94.5 Å². The maximum Gasteiger partial charge on any atom is 0.280 e. The summed E-state index contributed by atoms with van der Waals surface area (Å²) < 4.78 is 25.6. The molecule has 3 rings (SSSR count). The van der Waals surface area contributed by atoms with E-state index in [-0.39, 0.29) is 17.3 Å². The van der Waals surface area contributed by atoms with Crippen LogP contribution in [0.4, 0.5) is 0 Å². The number of primary sulfonamides is 1. The third kappa shape index (κ3) is 4.20. The molecule has 0 aliphatic carbocycles.